The molecule has 2 atom stereocenters. The van der Waals surface area contributed by atoms with Gasteiger partial charge in [0.2, 0.25) is 0 Å². The summed E-state index contributed by atoms with van der Waals surface area (Å²) in [5.74, 6) is 0. The van der Waals surface area contributed by atoms with E-state index >= 15 is 0 Å². The second-order valence-electron chi connectivity index (χ2n) is 4.13. The second kappa shape index (κ2) is 6.38. The summed E-state index contributed by atoms with van der Waals surface area (Å²) in [5, 5.41) is 0. The van der Waals surface area contributed by atoms with Crippen LogP contribution in [0.5, 0.6) is 0 Å². The van der Waals surface area contributed by atoms with Crippen LogP contribution < -0.4 is 5.73 Å². The molecule has 1 aliphatic rings. The molecular weight excluding hydrogens is 176 g/mol. The Bertz CT molecular complexity index is 152. The predicted molar refractivity (Wildman–Crippen MR) is 59.4 cm³/mol. The quantitative estimate of drug-likeness (QED) is 0.725. The Morgan fingerprint density at radius 2 is 2.29 bits per heavy atom. The van der Waals surface area contributed by atoms with Crippen molar-refractivity contribution in [1.82, 2.24) is 4.90 Å². The van der Waals surface area contributed by atoms with Crippen molar-refractivity contribution in [2.24, 2.45) is 5.73 Å². The van der Waals surface area contributed by atoms with E-state index < -0.39 is 0 Å². The van der Waals surface area contributed by atoms with Gasteiger partial charge >= 0.3 is 0 Å². The van der Waals surface area contributed by atoms with Gasteiger partial charge < -0.3 is 10.5 Å². The number of hydrogen-bond acceptors (Lipinski definition) is 3. The molecule has 14 heavy (non-hydrogen) atoms. The van der Waals surface area contributed by atoms with Crippen molar-refractivity contribution in [3.63, 3.8) is 0 Å². The van der Waals surface area contributed by atoms with E-state index in [4.69, 9.17) is 10.5 Å². The van der Waals surface area contributed by atoms with Gasteiger partial charge in [-0.3, -0.25) is 4.90 Å². The van der Waals surface area contributed by atoms with Crippen molar-refractivity contribution in [1.29, 1.82) is 0 Å². The fraction of sp³-hybridized carbons (Fsp3) is 1.00. The van der Waals surface area contributed by atoms with Crippen molar-refractivity contribution in [3.8, 4) is 0 Å². The van der Waals surface area contributed by atoms with Crippen molar-refractivity contribution in [2.45, 2.75) is 45.2 Å². The highest BCUT2D eigenvalue weighted by Gasteiger charge is 2.25. The first-order valence-corrected chi connectivity index (χ1v) is 5.83. The maximum absolute atomic E-state index is 5.78. The Morgan fingerprint density at radius 3 is 2.93 bits per heavy atom. The molecule has 0 aromatic carbocycles. The molecule has 0 aromatic heterocycles. The third kappa shape index (κ3) is 3.23. The van der Waals surface area contributed by atoms with Gasteiger partial charge in [0.15, 0.2) is 0 Å². The SMILES string of the molecule is CCOCC(C)N1CCCCC1CN. The summed E-state index contributed by atoms with van der Waals surface area (Å²) in [6.07, 6.45) is 3.90. The summed E-state index contributed by atoms with van der Waals surface area (Å²) in [4.78, 5) is 2.51. The van der Waals surface area contributed by atoms with Gasteiger partial charge in [0.25, 0.3) is 0 Å². The monoisotopic (exact) mass is 200 g/mol. The Hall–Kier alpha value is -0.120. The number of likely N-dealkylation sites (tertiary alicyclic amines) is 1. The molecule has 0 bridgehead atoms. The number of nitrogens with zero attached hydrogens (tertiary/aromatic N) is 1. The lowest BCUT2D eigenvalue weighted by Gasteiger charge is -2.39. The maximum Gasteiger partial charge on any atom is 0.0619 e. The van der Waals surface area contributed by atoms with E-state index in [1.165, 1.54) is 25.8 Å². The molecule has 0 radical (unpaired) electrons. The van der Waals surface area contributed by atoms with Crippen LogP contribution >= 0.6 is 0 Å². The molecule has 1 fully saturated rings. The number of rotatable bonds is 5. The zero-order valence-electron chi connectivity index (χ0n) is 9.54. The minimum atomic E-state index is 0.517. The molecule has 1 aliphatic heterocycles. The molecule has 3 nitrogen and oxygen atoms in total. The van der Waals surface area contributed by atoms with Crippen LogP contribution in [0.2, 0.25) is 0 Å². The van der Waals surface area contributed by atoms with Crippen LogP contribution in [0, 0.1) is 0 Å². The Kier molecular flexibility index (Phi) is 5.45. The summed E-state index contributed by atoms with van der Waals surface area (Å²) in [7, 11) is 0. The lowest BCUT2D eigenvalue weighted by molar-refractivity contribution is 0.0368. The van der Waals surface area contributed by atoms with Gasteiger partial charge in [-0.2, -0.15) is 0 Å². The minimum absolute atomic E-state index is 0.517. The lowest BCUT2D eigenvalue weighted by Crippen LogP contribution is -2.50. The molecule has 2 unspecified atom stereocenters. The van der Waals surface area contributed by atoms with Crippen molar-refractivity contribution in [3.05, 3.63) is 0 Å². The number of ether oxygens (including phenoxy) is 1. The van der Waals surface area contributed by atoms with Gasteiger partial charge in [-0.25, -0.2) is 0 Å². The third-order valence-corrected chi connectivity index (χ3v) is 3.07. The first-order chi connectivity index (χ1) is 6.79. The van der Waals surface area contributed by atoms with Gasteiger partial charge in [0, 0.05) is 25.2 Å². The van der Waals surface area contributed by atoms with Gasteiger partial charge in [0.05, 0.1) is 6.61 Å². The summed E-state index contributed by atoms with van der Waals surface area (Å²) in [6, 6.07) is 1.10. The Labute approximate surface area is 87.6 Å². The predicted octanol–water partition coefficient (Wildman–Crippen LogP) is 1.22. The largest absolute Gasteiger partial charge is 0.380 e. The molecular formula is C11H24N2O. The van der Waals surface area contributed by atoms with Crippen LogP contribution in [-0.2, 0) is 4.74 Å². The van der Waals surface area contributed by atoms with Gasteiger partial charge in [-0.1, -0.05) is 6.42 Å². The van der Waals surface area contributed by atoms with Crippen molar-refractivity contribution in [2.75, 3.05) is 26.3 Å². The number of piperidine rings is 1. The second-order valence-corrected chi connectivity index (χ2v) is 4.13. The molecule has 3 heteroatoms. The van der Waals surface area contributed by atoms with Crippen LogP contribution in [0.3, 0.4) is 0 Å². The van der Waals surface area contributed by atoms with Crippen LogP contribution in [0.15, 0.2) is 0 Å². The topological polar surface area (TPSA) is 38.5 Å². The fourth-order valence-corrected chi connectivity index (χ4v) is 2.24. The maximum atomic E-state index is 5.78. The average molecular weight is 200 g/mol. The van der Waals surface area contributed by atoms with Crippen molar-refractivity contribution >= 4 is 0 Å². The zero-order valence-corrected chi connectivity index (χ0v) is 9.54. The first kappa shape index (κ1) is 12.0. The Balaban J connectivity index is 2.37. The van der Waals surface area contributed by atoms with Gasteiger partial charge in [-0.15, -0.1) is 0 Å². The normalized spacial score (nSPS) is 26.4. The first-order valence-electron chi connectivity index (χ1n) is 5.83. The van der Waals surface area contributed by atoms with E-state index in [0.717, 1.165) is 19.8 Å². The number of nitrogens with two attached hydrogens (primary N) is 1. The molecule has 0 spiro atoms. The highest BCUT2D eigenvalue weighted by atomic mass is 16.5. The van der Waals surface area contributed by atoms with E-state index in [-0.39, 0.29) is 0 Å². The molecule has 2 N–H and O–H groups in total. The van der Waals surface area contributed by atoms with E-state index in [1.807, 2.05) is 6.92 Å². The molecule has 84 valence electrons. The van der Waals surface area contributed by atoms with Gasteiger partial charge in [0.1, 0.15) is 0 Å². The molecule has 1 rings (SSSR count). The molecule has 1 saturated heterocycles. The van der Waals surface area contributed by atoms with E-state index in [2.05, 4.69) is 11.8 Å². The van der Waals surface area contributed by atoms with Crippen LogP contribution in [0.4, 0.5) is 0 Å². The molecule has 0 aromatic rings. The summed E-state index contributed by atoms with van der Waals surface area (Å²) in [6.45, 7) is 7.91. The minimum Gasteiger partial charge on any atom is -0.380 e. The third-order valence-electron chi connectivity index (χ3n) is 3.07. The summed E-state index contributed by atoms with van der Waals surface area (Å²) < 4.78 is 5.46. The Morgan fingerprint density at radius 1 is 1.50 bits per heavy atom. The molecule has 0 aliphatic carbocycles. The van der Waals surface area contributed by atoms with Crippen LogP contribution in [0.1, 0.15) is 33.1 Å². The van der Waals surface area contributed by atoms with E-state index in [1.54, 1.807) is 0 Å². The number of hydrogen-bond donors (Lipinski definition) is 1. The van der Waals surface area contributed by atoms with Gasteiger partial charge in [-0.05, 0) is 33.2 Å². The standard InChI is InChI=1S/C11H24N2O/c1-3-14-9-10(2)13-7-5-4-6-11(13)8-12/h10-11H,3-9,12H2,1-2H3. The van der Waals surface area contributed by atoms with E-state index in [0.29, 0.717) is 12.1 Å². The van der Waals surface area contributed by atoms with Crippen LogP contribution in [0.25, 0.3) is 0 Å². The summed E-state index contributed by atoms with van der Waals surface area (Å²) in [5.41, 5.74) is 5.78. The van der Waals surface area contributed by atoms with Crippen LogP contribution in [-0.4, -0.2) is 43.3 Å². The summed E-state index contributed by atoms with van der Waals surface area (Å²) >= 11 is 0. The molecule has 1 heterocycles. The molecule has 0 saturated carbocycles. The van der Waals surface area contributed by atoms with Crippen molar-refractivity contribution < 1.29 is 4.74 Å². The zero-order chi connectivity index (χ0) is 10.4. The van der Waals surface area contributed by atoms with E-state index in [9.17, 15) is 0 Å². The smallest absolute Gasteiger partial charge is 0.0619 e. The highest BCUT2D eigenvalue weighted by Crippen LogP contribution is 2.18. The highest BCUT2D eigenvalue weighted by molar-refractivity contribution is 4.81. The molecule has 0 amide bonds. The average Bonchev–Trinajstić information content (AvgIpc) is 2.25. The lowest BCUT2D eigenvalue weighted by atomic mass is 10.0. The fourth-order valence-electron chi connectivity index (χ4n) is 2.24.